The van der Waals surface area contributed by atoms with Gasteiger partial charge in [-0.15, -0.1) is 0 Å². The summed E-state index contributed by atoms with van der Waals surface area (Å²) in [6.07, 6.45) is 17.4. The van der Waals surface area contributed by atoms with Crippen LogP contribution in [-0.2, 0) is 31.5 Å². The normalized spacial score (nSPS) is 11.1. The fourth-order valence-corrected chi connectivity index (χ4v) is 3.04. The largest absolute Gasteiger partial charge is 0.495 e. The average Bonchev–Trinajstić information content (AvgIpc) is 2.83. The first-order valence-corrected chi connectivity index (χ1v) is 14.4. The van der Waals surface area contributed by atoms with Gasteiger partial charge in [0.05, 0.1) is 0 Å². The first-order valence-electron chi connectivity index (χ1n) is 14.4. The number of hydrogen-bond donors (Lipinski definition) is 6. The molecule has 0 aromatic rings. The van der Waals surface area contributed by atoms with E-state index in [1.807, 2.05) is 0 Å². The van der Waals surface area contributed by atoms with Gasteiger partial charge in [-0.1, -0.05) is 78.6 Å². The summed E-state index contributed by atoms with van der Waals surface area (Å²) in [6, 6.07) is 0. The molecule has 0 aliphatic heterocycles. The molecule has 40 heavy (non-hydrogen) atoms. The fraction of sp³-hybridized carbons (Fsp3) is 0.700. The van der Waals surface area contributed by atoms with Crippen molar-refractivity contribution in [2.45, 2.75) is 119 Å². The maximum absolute atomic E-state index is 10.5. The Morgan fingerprint density at radius 1 is 0.475 bits per heavy atom. The molecular formula is C30H57FeN3O6. The molecule has 0 radical (unpaired) electrons. The SMILES string of the molecule is CCCCCCNC(O)=CC(C)=O.CCCCCCNC(O)=CC(C)=O.CCCCCCNC(O)=CC(C)=O.[Fe]. The van der Waals surface area contributed by atoms with E-state index in [0.29, 0.717) is 0 Å². The number of ketones is 3. The molecule has 0 heterocycles. The fourth-order valence-electron chi connectivity index (χ4n) is 3.04. The van der Waals surface area contributed by atoms with Crippen LogP contribution in [-0.4, -0.2) is 52.3 Å². The van der Waals surface area contributed by atoms with Crippen LogP contribution < -0.4 is 16.0 Å². The molecule has 0 aliphatic rings. The molecule has 0 unspecified atom stereocenters. The van der Waals surface area contributed by atoms with E-state index in [4.69, 9.17) is 15.3 Å². The smallest absolute Gasteiger partial charge is 0.187 e. The number of hydrogen-bond acceptors (Lipinski definition) is 9. The molecule has 236 valence electrons. The van der Waals surface area contributed by atoms with E-state index >= 15 is 0 Å². The predicted octanol–water partition coefficient (Wildman–Crippen LogP) is 6.43. The van der Waals surface area contributed by atoms with Crippen molar-refractivity contribution < 1.29 is 46.8 Å². The number of aliphatic hydroxyl groups is 3. The van der Waals surface area contributed by atoms with Crippen LogP contribution in [0.15, 0.2) is 35.9 Å². The van der Waals surface area contributed by atoms with E-state index in [-0.39, 0.29) is 52.1 Å². The Labute approximate surface area is 253 Å². The number of allylic oxidation sites excluding steroid dienone is 3. The minimum absolute atomic E-state index is 0. The third-order valence-corrected chi connectivity index (χ3v) is 5.03. The second-order valence-electron chi connectivity index (χ2n) is 9.38. The maximum atomic E-state index is 10.5. The zero-order chi connectivity index (χ0) is 30.3. The zero-order valence-electron chi connectivity index (χ0n) is 25.8. The molecule has 0 fully saturated rings. The Morgan fingerprint density at radius 2 is 0.700 bits per heavy atom. The molecule has 0 aliphatic carbocycles. The summed E-state index contributed by atoms with van der Waals surface area (Å²) in [4.78, 5) is 31.5. The summed E-state index contributed by atoms with van der Waals surface area (Å²) in [5.74, 6) is -0.493. The molecule has 10 heteroatoms. The standard InChI is InChI=1S/3C10H19NO2.Fe/c3*1-3-4-5-6-7-11-10(13)8-9(2)12;/h3*8,11,13H,3-7H2,1-2H3;. The van der Waals surface area contributed by atoms with Crippen LogP contribution in [0.1, 0.15) is 119 Å². The molecule has 0 aromatic carbocycles. The summed E-state index contributed by atoms with van der Waals surface area (Å²) in [5, 5.41) is 35.6. The van der Waals surface area contributed by atoms with Gasteiger partial charge in [0.2, 0.25) is 0 Å². The molecule has 0 saturated heterocycles. The molecule has 0 spiro atoms. The van der Waals surface area contributed by atoms with Crippen molar-refractivity contribution in [1.82, 2.24) is 16.0 Å². The molecule has 0 amide bonds. The van der Waals surface area contributed by atoms with Crippen LogP contribution in [0.4, 0.5) is 0 Å². The Kier molecular flexibility index (Phi) is 38.5. The third-order valence-electron chi connectivity index (χ3n) is 5.03. The van der Waals surface area contributed by atoms with Crippen molar-refractivity contribution in [3.05, 3.63) is 35.9 Å². The van der Waals surface area contributed by atoms with Crippen LogP contribution in [0.25, 0.3) is 0 Å². The number of unbranched alkanes of at least 4 members (excludes halogenated alkanes) is 9. The number of carbonyl (C=O) groups is 3. The first-order chi connectivity index (χ1) is 18.5. The molecule has 0 atom stereocenters. The Morgan fingerprint density at radius 3 is 0.875 bits per heavy atom. The van der Waals surface area contributed by atoms with Crippen LogP contribution in [0.2, 0.25) is 0 Å². The second-order valence-corrected chi connectivity index (χ2v) is 9.38. The van der Waals surface area contributed by atoms with E-state index in [0.717, 1.165) is 58.2 Å². The zero-order valence-corrected chi connectivity index (χ0v) is 26.9. The molecule has 9 nitrogen and oxygen atoms in total. The van der Waals surface area contributed by atoms with E-state index in [2.05, 4.69) is 36.7 Å². The number of aliphatic hydroxyl groups excluding tert-OH is 3. The molecule has 0 saturated carbocycles. The minimum Gasteiger partial charge on any atom is -0.495 e. The van der Waals surface area contributed by atoms with Crippen molar-refractivity contribution in [2.24, 2.45) is 0 Å². The van der Waals surface area contributed by atoms with Gasteiger partial charge in [-0.25, -0.2) is 0 Å². The molecule has 0 rings (SSSR count). The van der Waals surface area contributed by atoms with Crippen LogP contribution in [0.5, 0.6) is 0 Å². The summed E-state index contributed by atoms with van der Waals surface area (Å²) in [5.41, 5.74) is 0. The Hall–Kier alpha value is -2.45. The maximum Gasteiger partial charge on any atom is 0.187 e. The first kappa shape index (κ1) is 44.6. The molecular weight excluding hydrogens is 554 g/mol. The number of carbonyl (C=O) groups excluding carboxylic acids is 3. The summed E-state index contributed by atoms with van der Waals surface area (Å²) < 4.78 is 0. The van der Waals surface area contributed by atoms with Gasteiger partial charge < -0.3 is 31.3 Å². The van der Waals surface area contributed by atoms with Crippen molar-refractivity contribution in [1.29, 1.82) is 0 Å². The van der Waals surface area contributed by atoms with E-state index in [1.54, 1.807) is 0 Å². The Bertz CT molecular complexity index is 629. The van der Waals surface area contributed by atoms with Gasteiger partial charge in [-0.05, 0) is 40.0 Å². The summed E-state index contributed by atoms with van der Waals surface area (Å²) in [6.45, 7) is 12.9. The van der Waals surface area contributed by atoms with E-state index < -0.39 is 0 Å². The third kappa shape index (κ3) is 45.5. The van der Waals surface area contributed by atoms with Gasteiger partial charge in [0.15, 0.2) is 35.0 Å². The van der Waals surface area contributed by atoms with Crippen molar-refractivity contribution in [3.8, 4) is 0 Å². The van der Waals surface area contributed by atoms with Gasteiger partial charge in [-0.3, -0.25) is 14.4 Å². The average molecular weight is 612 g/mol. The minimum atomic E-state index is -0.140. The topological polar surface area (TPSA) is 148 Å². The predicted molar refractivity (Wildman–Crippen MR) is 161 cm³/mol. The molecule has 0 aromatic heterocycles. The van der Waals surface area contributed by atoms with Gasteiger partial charge in [0, 0.05) is 54.9 Å². The van der Waals surface area contributed by atoms with Crippen LogP contribution in [0, 0.1) is 0 Å². The van der Waals surface area contributed by atoms with Gasteiger partial charge in [-0.2, -0.15) is 0 Å². The number of nitrogens with one attached hydrogen (secondary N) is 3. The molecule has 6 N–H and O–H groups in total. The van der Waals surface area contributed by atoms with E-state index in [9.17, 15) is 14.4 Å². The van der Waals surface area contributed by atoms with Crippen LogP contribution in [0.3, 0.4) is 0 Å². The van der Waals surface area contributed by atoms with Crippen LogP contribution >= 0.6 is 0 Å². The molecule has 0 bridgehead atoms. The Balaban J connectivity index is -0.000000240. The monoisotopic (exact) mass is 611 g/mol. The second kappa shape index (κ2) is 34.6. The summed E-state index contributed by atoms with van der Waals surface area (Å²) >= 11 is 0. The summed E-state index contributed by atoms with van der Waals surface area (Å²) in [7, 11) is 0. The van der Waals surface area contributed by atoms with Crippen molar-refractivity contribution in [2.75, 3.05) is 19.6 Å². The quantitative estimate of drug-likeness (QED) is 0.0374. The van der Waals surface area contributed by atoms with Crippen molar-refractivity contribution in [3.63, 3.8) is 0 Å². The number of rotatable bonds is 21. The van der Waals surface area contributed by atoms with E-state index in [1.165, 1.54) is 77.5 Å². The van der Waals surface area contributed by atoms with Gasteiger partial charge in [0.1, 0.15) is 0 Å². The van der Waals surface area contributed by atoms with Crippen molar-refractivity contribution >= 4 is 17.3 Å². The van der Waals surface area contributed by atoms with Gasteiger partial charge in [0.25, 0.3) is 0 Å². The van der Waals surface area contributed by atoms with Gasteiger partial charge >= 0.3 is 0 Å².